The number of aromatic hydroxyl groups is 1. The summed E-state index contributed by atoms with van der Waals surface area (Å²) >= 11 is 0. The number of rotatable bonds is 5. The molecular weight excluding hydrogens is 336 g/mol. The highest BCUT2D eigenvalue weighted by Crippen LogP contribution is 2.24. The lowest BCUT2D eigenvalue weighted by Crippen LogP contribution is -2.24. The summed E-state index contributed by atoms with van der Waals surface area (Å²) in [7, 11) is 0. The molecule has 2 aromatic rings. The van der Waals surface area contributed by atoms with E-state index in [9.17, 15) is 19.5 Å². The maximum absolute atomic E-state index is 12.0. The molecule has 26 heavy (non-hydrogen) atoms. The number of benzene rings is 2. The van der Waals surface area contributed by atoms with Crippen LogP contribution in [0.1, 0.15) is 23.2 Å². The van der Waals surface area contributed by atoms with Crippen molar-refractivity contribution >= 4 is 29.2 Å². The van der Waals surface area contributed by atoms with Gasteiger partial charge >= 0.3 is 5.97 Å². The van der Waals surface area contributed by atoms with Gasteiger partial charge in [-0.3, -0.25) is 9.59 Å². The maximum Gasteiger partial charge on any atom is 0.338 e. The van der Waals surface area contributed by atoms with E-state index in [0.29, 0.717) is 18.7 Å². The van der Waals surface area contributed by atoms with Gasteiger partial charge in [-0.25, -0.2) is 4.79 Å². The van der Waals surface area contributed by atoms with Gasteiger partial charge in [0, 0.05) is 24.3 Å². The molecule has 2 aromatic carbocycles. The molecule has 0 saturated carbocycles. The van der Waals surface area contributed by atoms with E-state index in [1.165, 1.54) is 24.3 Å². The molecule has 1 heterocycles. The second kappa shape index (κ2) is 7.69. The number of amides is 2. The number of hydrogen-bond donors (Lipinski definition) is 2. The fraction of sp³-hybridized carbons (Fsp3) is 0.211. The first kappa shape index (κ1) is 17.5. The Morgan fingerprint density at radius 2 is 1.96 bits per heavy atom. The SMILES string of the molecule is O=C(COC(=O)c1cccc(O)c1)Nc1cccc(N2CCCC2=O)c1. The summed E-state index contributed by atoms with van der Waals surface area (Å²) in [6.45, 7) is 0.207. The predicted octanol–water partition coefficient (Wildman–Crippen LogP) is 2.31. The Labute approximate surface area is 150 Å². The summed E-state index contributed by atoms with van der Waals surface area (Å²) in [5, 5.41) is 12.0. The number of carbonyl (C=O) groups excluding carboxylic acids is 3. The van der Waals surface area contributed by atoms with Crippen LogP contribution in [0.5, 0.6) is 5.75 Å². The number of hydrogen-bond acceptors (Lipinski definition) is 5. The molecular formula is C19H18N2O5. The van der Waals surface area contributed by atoms with Crippen molar-refractivity contribution in [3.8, 4) is 5.75 Å². The van der Waals surface area contributed by atoms with Crippen molar-refractivity contribution in [2.24, 2.45) is 0 Å². The van der Waals surface area contributed by atoms with Crippen LogP contribution in [0.4, 0.5) is 11.4 Å². The van der Waals surface area contributed by atoms with Gasteiger partial charge in [0.2, 0.25) is 5.91 Å². The Bertz CT molecular complexity index is 849. The predicted molar refractivity (Wildman–Crippen MR) is 95.0 cm³/mol. The lowest BCUT2D eigenvalue weighted by atomic mass is 10.2. The summed E-state index contributed by atoms with van der Waals surface area (Å²) in [4.78, 5) is 37.3. The fourth-order valence-corrected chi connectivity index (χ4v) is 2.72. The molecule has 0 radical (unpaired) electrons. The molecule has 3 rings (SSSR count). The lowest BCUT2D eigenvalue weighted by molar-refractivity contribution is -0.119. The van der Waals surface area contributed by atoms with Gasteiger partial charge in [0.05, 0.1) is 5.56 Å². The summed E-state index contributed by atoms with van der Waals surface area (Å²) in [6.07, 6.45) is 1.35. The second-order valence-electron chi connectivity index (χ2n) is 5.87. The molecule has 0 atom stereocenters. The third-order valence-electron chi connectivity index (χ3n) is 3.93. The molecule has 1 fully saturated rings. The molecule has 0 aromatic heterocycles. The van der Waals surface area contributed by atoms with E-state index in [4.69, 9.17) is 4.74 Å². The number of phenolic OH excluding ortho intramolecular Hbond substituents is 1. The first-order chi connectivity index (χ1) is 12.5. The van der Waals surface area contributed by atoms with Crippen LogP contribution in [0.3, 0.4) is 0 Å². The van der Waals surface area contributed by atoms with Gasteiger partial charge < -0.3 is 20.1 Å². The second-order valence-corrected chi connectivity index (χ2v) is 5.87. The zero-order valence-corrected chi connectivity index (χ0v) is 14.0. The molecule has 1 aliphatic heterocycles. The van der Waals surface area contributed by atoms with Crippen LogP contribution < -0.4 is 10.2 Å². The normalized spacial score (nSPS) is 13.5. The Hall–Kier alpha value is -3.35. The minimum Gasteiger partial charge on any atom is -0.508 e. The quantitative estimate of drug-likeness (QED) is 0.804. The first-order valence-corrected chi connectivity index (χ1v) is 8.19. The van der Waals surface area contributed by atoms with Gasteiger partial charge in [-0.2, -0.15) is 0 Å². The van der Waals surface area contributed by atoms with E-state index in [1.807, 2.05) is 0 Å². The molecule has 2 amide bonds. The van der Waals surface area contributed by atoms with Crippen molar-refractivity contribution in [2.75, 3.05) is 23.4 Å². The van der Waals surface area contributed by atoms with Gasteiger partial charge in [-0.15, -0.1) is 0 Å². The molecule has 7 heteroatoms. The molecule has 0 aliphatic carbocycles. The molecule has 0 spiro atoms. The third kappa shape index (κ3) is 4.18. The van der Waals surface area contributed by atoms with Crippen LogP contribution in [0.25, 0.3) is 0 Å². The molecule has 2 N–H and O–H groups in total. The van der Waals surface area contributed by atoms with Gasteiger partial charge in [0.25, 0.3) is 5.91 Å². The fourth-order valence-electron chi connectivity index (χ4n) is 2.72. The first-order valence-electron chi connectivity index (χ1n) is 8.19. The number of anilines is 2. The van der Waals surface area contributed by atoms with Crippen LogP contribution in [0.2, 0.25) is 0 Å². The van der Waals surface area contributed by atoms with E-state index in [1.54, 1.807) is 29.2 Å². The Morgan fingerprint density at radius 3 is 2.69 bits per heavy atom. The molecule has 1 saturated heterocycles. The highest BCUT2D eigenvalue weighted by Gasteiger charge is 2.21. The number of phenols is 1. The number of nitrogens with zero attached hydrogens (tertiary/aromatic N) is 1. The molecule has 0 bridgehead atoms. The Balaban J connectivity index is 1.56. The standard InChI is InChI=1S/C19H18N2O5/c22-16-7-1-4-13(10-16)19(25)26-12-17(23)20-14-5-2-6-15(11-14)21-9-3-8-18(21)24/h1-2,4-7,10-11,22H,3,8-9,12H2,(H,20,23). The minimum absolute atomic E-state index is 0.0582. The van der Waals surface area contributed by atoms with Gasteiger partial charge in [0.1, 0.15) is 5.75 Å². The van der Waals surface area contributed by atoms with Crippen molar-refractivity contribution in [3.05, 3.63) is 54.1 Å². The zero-order chi connectivity index (χ0) is 18.5. The van der Waals surface area contributed by atoms with Crippen molar-refractivity contribution in [1.29, 1.82) is 0 Å². The monoisotopic (exact) mass is 354 g/mol. The third-order valence-corrected chi connectivity index (χ3v) is 3.93. The van der Waals surface area contributed by atoms with Gasteiger partial charge in [-0.1, -0.05) is 12.1 Å². The maximum atomic E-state index is 12.0. The van der Waals surface area contributed by atoms with Crippen LogP contribution in [0.15, 0.2) is 48.5 Å². The largest absolute Gasteiger partial charge is 0.508 e. The molecule has 0 unspecified atom stereocenters. The van der Waals surface area contributed by atoms with Crippen molar-refractivity contribution < 1.29 is 24.2 Å². The summed E-state index contributed by atoms with van der Waals surface area (Å²) in [6, 6.07) is 12.6. The van der Waals surface area contributed by atoms with E-state index < -0.39 is 18.5 Å². The molecule has 134 valence electrons. The smallest absolute Gasteiger partial charge is 0.338 e. The van der Waals surface area contributed by atoms with Crippen LogP contribution in [-0.4, -0.2) is 36.0 Å². The average molecular weight is 354 g/mol. The summed E-state index contributed by atoms with van der Waals surface area (Å²) < 4.78 is 4.94. The van der Waals surface area contributed by atoms with E-state index in [0.717, 1.165) is 12.1 Å². The highest BCUT2D eigenvalue weighted by atomic mass is 16.5. The minimum atomic E-state index is -0.701. The number of ether oxygens (including phenoxy) is 1. The van der Waals surface area contributed by atoms with Crippen molar-refractivity contribution in [1.82, 2.24) is 0 Å². The van der Waals surface area contributed by atoms with Crippen LogP contribution in [0, 0.1) is 0 Å². The van der Waals surface area contributed by atoms with Crippen molar-refractivity contribution in [2.45, 2.75) is 12.8 Å². The zero-order valence-electron chi connectivity index (χ0n) is 14.0. The van der Waals surface area contributed by atoms with E-state index >= 15 is 0 Å². The summed E-state index contributed by atoms with van der Waals surface area (Å²) in [5.74, 6) is -1.19. The number of nitrogens with one attached hydrogen (secondary N) is 1. The molecule has 1 aliphatic rings. The average Bonchev–Trinajstić information content (AvgIpc) is 3.06. The van der Waals surface area contributed by atoms with Gasteiger partial charge in [0.15, 0.2) is 6.61 Å². The number of carbonyl (C=O) groups is 3. The Morgan fingerprint density at radius 1 is 1.15 bits per heavy atom. The van der Waals surface area contributed by atoms with E-state index in [-0.39, 0.29) is 17.2 Å². The van der Waals surface area contributed by atoms with Crippen LogP contribution in [-0.2, 0) is 14.3 Å². The number of esters is 1. The Kier molecular flexibility index (Phi) is 5.17. The van der Waals surface area contributed by atoms with Gasteiger partial charge in [-0.05, 0) is 42.8 Å². The highest BCUT2D eigenvalue weighted by molar-refractivity contribution is 5.98. The van der Waals surface area contributed by atoms with Crippen LogP contribution >= 0.6 is 0 Å². The van der Waals surface area contributed by atoms with Crippen molar-refractivity contribution in [3.63, 3.8) is 0 Å². The topological polar surface area (TPSA) is 95.9 Å². The van der Waals surface area contributed by atoms with E-state index in [2.05, 4.69) is 5.32 Å². The molecule has 7 nitrogen and oxygen atoms in total. The lowest BCUT2D eigenvalue weighted by Gasteiger charge is -2.16. The summed E-state index contributed by atoms with van der Waals surface area (Å²) in [5.41, 5.74) is 1.40.